The molecule has 2 aromatic heterocycles. The first-order valence-electron chi connectivity index (χ1n) is 19.8. The lowest BCUT2D eigenvalue weighted by Gasteiger charge is -2.37. The molecule has 1 fully saturated rings. The van der Waals surface area contributed by atoms with Gasteiger partial charge in [-0.25, -0.2) is 0 Å². The number of rotatable bonds is 14. The molecule has 0 bridgehead atoms. The van der Waals surface area contributed by atoms with E-state index in [1.54, 1.807) is 18.9 Å². The number of aromatic amines is 1. The Bertz CT molecular complexity index is 2430. The predicted molar refractivity (Wildman–Crippen MR) is 226 cm³/mol. The van der Waals surface area contributed by atoms with Crippen molar-refractivity contribution in [3.05, 3.63) is 126 Å². The molecule has 0 aliphatic carbocycles. The molecule has 2 aliphatic heterocycles. The van der Waals surface area contributed by atoms with Gasteiger partial charge in [0.05, 0.1) is 52.7 Å². The number of hydrogen-bond acceptors (Lipinski definition) is 8. The second kappa shape index (κ2) is 15.9. The summed E-state index contributed by atoms with van der Waals surface area (Å²) in [6, 6.07) is 29.8. The molecule has 12 nitrogen and oxygen atoms in total. The number of fused-ring (bicyclic) bond motifs is 3. The monoisotopic (exact) mass is 798 g/mol. The summed E-state index contributed by atoms with van der Waals surface area (Å²) >= 11 is 0. The third kappa shape index (κ3) is 7.07. The molecule has 4 atom stereocenters. The maximum atomic E-state index is 15.3. The summed E-state index contributed by atoms with van der Waals surface area (Å²) in [5.74, 6) is 1.05. The van der Waals surface area contributed by atoms with Crippen molar-refractivity contribution < 1.29 is 28.9 Å². The zero-order chi connectivity index (χ0) is 40.6. The van der Waals surface area contributed by atoms with Gasteiger partial charge in [-0.15, -0.1) is 5.10 Å². The van der Waals surface area contributed by atoms with Gasteiger partial charge >= 0.3 is 0 Å². The molecule has 4 aromatic carbocycles. The summed E-state index contributed by atoms with van der Waals surface area (Å²) in [7, 11) is 0.938. The Hall–Kier alpha value is -5.76. The number of aliphatic hydroxyl groups is 1. The van der Waals surface area contributed by atoms with Gasteiger partial charge in [0.1, 0.15) is 11.5 Å². The van der Waals surface area contributed by atoms with E-state index in [0.717, 1.165) is 44.7 Å². The van der Waals surface area contributed by atoms with Crippen LogP contribution in [0.15, 0.2) is 103 Å². The van der Waals surface area contributed by atoms with E-state index in [2.05, 4.69) is 52.8 Å². The van der Waals surface area contributed by atoms with E-state index in [0.29, 0.717) is 37.4 Å². The Morgan fingerprint density at radius 2 is 1.74 bits per heavy atom. The molecular weight excluding hydrogens is 749 g/mol. The number of carbonyl (C=O) groups excluding carboxylic acids is 2. The third-order valence-corrected chi connectivity index (χ3v) is 16.6. The van der Waals surface area contributed by atoms with Crippen LogP contribution in [0.5, 0.6) is 11.5 Å². The predicted octanol–water partition coefficient (Wildman–Crippen LogP) is 6.35. The number of anilines is 2. The van der Waals surface area contributed by atoms with Crippen LogP contribution in [-0.2, 0) is 45.9 Å². The van der Waals surface area contributed by atoms with Crippen molar-refractivity contribution in [3.8, 4) is 11.5 Å². The number of methoxy groups -OCH3 is 2. The summed E-state index contributed by atoms with van der Waals surface area (Å²) in [5, 5.41) is 23.3. The highest BCUT2D eigenvalue weighted by atomic mass is 28.3. The SMILES string of the molecule is COc1ccc([Si](C)(C)[C@H]2[C@H](CCn3cc(CCO)nn3)O[C@@]3(C(=O)N(Cc4ccc(NC(=O)Cc5c[nH]c6ccccc56)cc4)c4ccc(OC)cc43)[C@@H]2C)cc1. The summed E-state index contributed by atoms with van der Waals surface area (Å²) in [5.41, 5.74) is 4.65. The molecule has 300 valence electrons. The zero-order valence-electron chi connectivity index (χ0n) is 33.6. The van der Waals surface area contributed by atoms with Crippen molar-refractivity contribution in [2.75, 3.05) is 31.0 Å². The number of aryl methyl sites for hydroxylation is 1. The molecule has 4 heterocycles. The highest BCUT2D eigenvalue weighted by molar-refractivity contribution is 6.91. The molecule has 0 radical (unpaired) electrons. The Kier molecular flexibility index (Phi) is 10.7. The highest BCUT2D eigenvalue weighted by Gasteiger charge is 2.66. The van der Waals surface area contributed by atoms with E-state index in [1.165, 1.54) is 5.19 Å². The van der Waals surface area contributed by atoms with Gasteiger partial charge in [0, 0.05) is 60.0 Å². The van der Waals surface area contributed by atoms with Gasteiger partial charge in [0.2, 0.25) is 5.91 Å². The second-order valence-electron chi connectivity index (χ2n) is 15.9. The number of H-pyrrole nitrogens is 1. The number of para-hydroxylation sites is 1. The Morgan fingerprint density at radius 1 is 1.00 bits per heavy atom. The molecule has 6 aromatic rings. The number of nitrogens with zero attached hydrogens (tertiary/aromatic N) is 4. The van der Waals surface area contributed by atoms with Crippen LogP contribution in [0.3, 0.4) is 0 Å². The highest BCUT2D eigenvalue weighted by Crippen LogP contribution is 2.60. The van der Waals surface area contributed by atoms with Crippen molar-refractivity contribution in [3.63, 3.8) is 0 Å². The van der Waals surface area contributed by atoms with Crippen LogP contribution in [0.4, 0.5) is 11.4 Å². The number of hydrogen-bond donors (Lipinski definition) is 3. The fourth-order valence-electron chi connectivity index (χ4n) is 9.31. The maximum absolute atomic E-state index is 15.3. The molecule has 13 heteroatoms. The van der Waals surface area contributed by atoms with Gasteiger partial charge in [0.15, 0.2) is 5.60 Å². The number of aromatic nitrogens is 4. The topological polar surface area (TPSA) is 144 Å². The lowest BCUT2D eigenvalue weighted by molar-refractivity contribution is -0.146. The van der Waals surface area contributed by atoms with Gasteiger partial charge < -0.3 is 34.5 Å². The number of aliphatic hydroxyl groups excluding tert-OH is 1. The Labute approximate surface area is 339 Å². The largest absolute Gasteiger partial charge is 0.497 e. The van der Waals surface area contributed by atoms with E-state index >= 15 is 4.79 Å². The summed E-state index contributed by atoms with van der Waals surface area (Å²) in [6.45, 7) is 7.78. The van der Waals surface area contributed by atoms with Gasteiger partial charge in [-0.2, -0.15) is 0 Å². The number of carbonyl (C=O) groups is 2. The minimum Gasteiger partial charge on any atom is -0.497 e. The van der Waals surface area contributed by atoms with Gasteiger partial charge in [-0.1, -0.05) is 72.9 Å². The van der Waals surface area contributed by atoms with Crippen molar-refractivity contribution in [1.29, 1.82) is 0 Å². The molecule has 58 heavy (non-hydrogen) atoms. The number of amides is 2. The number of benzene rings is 4. The molecule has 8 rings (SSSR count). The van der Waals surface area contributed by atoms with Gasteiger partial charge in [-0.05, 0) is 71.6 Å². The lowest BCUT2D eigenvalue weighted by Crippen LogP contribution is -2.51. The van der Waals surface area contributed by atoms with E-state index in [-0.39, 0.29) is 42.4 Å². The van der Waals surface area contributed by atoms with Crippen molar-refractivity contribution in [2.24, 2.45) is 5.92 Å². The smallest absolute Gasteiger partial charge is 0.264 e. The molecule has 0 unspecified atom stereocenters. The van der Waals surface area contributed by atoms with E-state index in [1.807, 2.05) is 96.2 Å². The van der Waals surface area contributed by atoms with Crippen LogP contribution in [0.25, 0.3) is 10.9 Å². The quantitative estimate of drug-likeness (QED) is 0.108. The van der Waals surface area contributed by atoms with Crippen molar-refractivity contribution in [2.45, 2.75) is 69.6 Å². The van der Waals surface area contributed by atoms with Crippen LogP contribution in [0.2, 0.25) is 18.6 Å². The van der Waals surface area contributed by atoms with E-state index in [4.69, 9.17) is 14.2 Å². The van der Waals surface area contributed by atoms with Gasteiger partial charge in [0.25, 0.3) is 5.91 Å². The average molecular weight is 799 g/mol. The molecule has 3 N–H and O–H groups in total. The third-order valence-electron chi connectivity index (χ3n) is 12.2. The molecule has 1 saturated heterocycles. The van der Waals surface area contributed by atoms with Crippen LogP contribution in [0.1, 0.15) is 35.7 Å². The van der Waals surface area contributed by atoms with Crippen molar-refractivity contribution >= 4 is 47.4 Å². The lowest BCUT2D eigenvalue weighted by atomic mass is 9.82. The molecular formula is C45H50N6O6Si. The first-order valence-corrected chi connectivity index (χ1v) is 22.9. The standard InChI is InChI=1S/C45H50N6O6Si/c1-29-43(58(4,5)36-17-14-34(55-2)15-18-36)41(20-22-50-28-33(21-23-52)48-49-50)57-45(29)38-25-35(56-3)16-19-40(38)51(44(45)54)27-30-10-12-32(13-11-30)47-42(53)24-31-26-46-39-9-7-6-8-37(31)39/h6-19,25-26,28-29,41,43,46,52H,20-24,27H2,1-5H3,(H,47,53)/t29-,41+,43-,45+/m1/s1. The van der Waals surface area contributed by atoms with E-state index in [9.17, 15) is 9.90 Å². The number of nitrogens with one attached hydrogen (secondary N) is 2. The molecule has 2 aliphatic rings. The Balaban J connectivity index is 1.08. The van der Waals surface area contributed by atoms with Crippen LogP contribution >= 0.6 is 0 Å². The average Bonchev–Trinajstić information content (AvgIpc) is 3.99. The van der Waals surface area contributed by atoms with Crippen molar-refractivity contribution in [1.82, 2.24) is 20.0 Å². The zero-order valence-corrected chi connectivity index (χ0v) is 34.6. The van der Waals surface area contributed by atoms with Crippen LogP contribution < -0.4 is 24.9 Å². The minimum absolute atomic E-state index is 0.00285. The van der Waals surface area contributed by atoms with E-state index < -0.39 is 13.7 Å². The number of ether oxygens (including phenoxy) is 3. The van der Waals surface area contributed by atoms with Crippen LogP contribution in [0, 0.1) is 5.92 Å². The summed E-state index contributed by atoms with van der Waals surface area (Å²) in [4.78, 5) is 33.4. The first-order chi connectivity index (χ1) is 28.0. The normalized spacial score (nSPS) is 20.2. The summed E-state index contributed by atoms with van der Waals surface area (Å²) in [6.07, 6.45) is 4.78. The molecule has 1 spiro atoms. The first kappa shape index (κ1) is 39.1. The fraction of sp³-hybridized carbons (Fsp3) is 0.333. The molecule has 0 saturated carbocycles. The second-order valence-corrected chi connectivity index (χ2v) is 20.6. The fourth-order valence-corrected chi connectivity index (χ4v) is 13.4. The minimum atomic E-state index is -2.37. The van der Waals surface area contributed by atoms with Crippen LogP contribution in [-0.4, -0.2) is 71.9 Å². The summed E-state index contributed by atoms with van der Waals surface area (Å²) < 4.78 is 20.4. The maximum Gasteiger partial charge on any atom is 0.264 e. The van der Waals surface area contributed by atoms with Gasteiger partial charge in [-0.3, -0.25) is 14.3 Å². The Morgan fingerprint density at radius 3 is 2.48 bits per heavy atom. The molecule has 2 amide bonds.